The fourth-order valence-corrected chi connectivity index (χ4v) is 4.91. The van der Waals surface area contributed by atoms with E-state index < -0.39 is 0 Å². The third-order valence-corrected chi connectivity index (χ3v) is 6.11. The lowest BCUT2D eigenvalue weighted by Gasteiger charge is -2.30. The summed E-state index contributed by atoms with van der Waals surface area (Å²) in [6, 6.07) is 4.62. The largest absolute Gasteiger partial charge is 0.314 e. The van der Waals surface area contributed by atoms with E-state index in [0.29, 0.717) is 12.0 Å². The van der Waals surface area contributed by atoms with Gasteiger partial charge in [-0.05, 0) is 50.8 Å². The third kappa shape index (κ3) is 3.33. The van der Waals surface area contributed by atoms with E-state index in [2.05, 4.69) is 47.3 Å². The number of rotatable bonds is 4. The van der Waals surface area contributed by atoms with Crippen LogP contribution in [0.1, 0.15) is 48.9 Å². The van der Waals surface area contributed by atoms with Crippen molar-refractivity contribution < 1.29 is 0 Å². The lowest BCUT2D eigenvalue weighted by atomic mass is 9.88. The molecule has 1 fully saturated rings. The van der Waals surface area contributed by atoms with Crippen LogP contribution in [-0.2, 0) is 0 Å². The normalized spacial score (nSPS) is 21.3. The van der Waals surface area contributed by atoms with E-state index in [0.717, 1.165) is 34.9 Å². The third-order valence-electron chi connectivity index (χ3n) is 4.98. The number of fused-ring (bicyclic) bond motifs is 1. The van der Waals surface area contributed by atoms with Gasteiger partial charge in [-0.1, -0.05) is 13.8 Å². The first kappa shape index (κ1) is 16.7. The molecule has 4 heterocycles. The van der Waals surface area contributed by atoms with Gasteiger partial charge in [0.2, 0.25) is 0 Å². The Hall–Kier alpha value is -1.79. The van der Waals surface area contributed by atoms with Gasteiger partial charge in [-0.3, -0.25) is 5.10 Å². The highest BCUT2D eigenvalue weighted by molar-refractivity contribution is 7.12. The average Bonchev–Trinajstić information content (AvgIpc) is 3.18. The molecule has 1 aliphatic rings. The maximum absolute atomic E-state index is 5.03. The van der Waals surface area contributed by atoms with Crippen LogP contribution >= 0.6 is 11.3 Å². The molecule has 0 bridgehead atoms. The van der Waals surface area contributed by atoms with Crippen molar-refractivity contribution in [1.29, 1.82) is 0 Å². The topological polar surface area (TPSA) is 66.5 Å². The fourth-order valence-electron chi connectivity index (χ4n) is 3.83. The summed E-state index contributed by atoms with van der Waals surface area (Å²) >= 11 is 1.84. The highest BCUT2D eigenvalue weighted by atomic mass is 32.1. The monoisotopic (exact) mass is 355 g/mol. The first-order valence-electron chi connectivity index (χ1n) is 9.12. The van der Waals surface area contributed by atoms with Crippen LogP contribution in [0.5, 0.6) is 0 Å². The Labute approximate surface area is 152 Å². The molecule has 0 saturated carbocycles. The van der Waals surface area contributed by atoms with Crippen LogP contribution in [0.2, 0.25) is 0 Å². The van der Waals surface area contributed by atoms with Crippen LogP contribution in [0.4, 0.5) is 0 Å². The van der Waals surface area contributed by atoms with Gasteiger partial charge in [0.25, 0.3) is 0 Å². The molecule has 0 amide bonds. The van der Waals surface area contributed by atoms with Crippen molar-refractivity contribution in [3.05, 3.63) is 28.2 Å². The van der Waals surface area contributed by atoms with Crippen LogP contribution in [0.3, 0.4) is 0 Å². The number of aromatic amines is 1. The zero-order valence-electron chi connectivity index (χ0n) is 15.0. The summed E-state index contributed by atoms with van der Waals surface area (Å²) in [4.78, 5) is 10.6. The smallest absolute Gasteiger partial charge is 0.181 e. The Morgan fingerprint density at radius 3 is 3.08 bits per heavy atom. The van der Waals surface area contributed by atoms with Gasteiger partial charge in [-0.15, -0.1) is 11.3 Å². The molecule has 1 aliphatic heterocycles. The number of pyridine rings is 1. The van der Waals surface area contributed by atoms with Crippen molar-refractivity contribution in [2.45, 2.75) is 52.0 Å². The quantitative estimate of drug-likeness (QED) is 0.733. The average molecular weight is 356 g/mol. The Morgan fingerprint density at radius 2 is 2.24 bits per heavy atom. The van der Waals surface area contributed by atoms with E-state index in [1.165, 1.54) is 29.1 Å². The molecule has 3 aromatic heterocycles. The lowest BCUT2D eigenvalue weighted by molar-refractivity contribution is 0.319. The van der Waals surface area contributed by atoms with Gasteiger partial charge in [0.1, 0.15) is 5.69 Å². The van der Waals surface area contributed by atoms with Gasteiger partial charge < -0.3 is 5.32 Å². The number of H-pyrrole nitrogens is 1. The Morgan fingerprint density at radius 1 is 1.36 bits per heavy atom. The van der Waals surface area contributed by atoms with Crippen molar-refractivity contribution >= 4 is 22.4 Å². The molecule has 0 radical (unpaired) electrons. The molecule has 132 valence electrons. The SMILES string of the molecule is Cc1sc(C2CCN[C@@H](CC(C)C)C2)nc1-c1[nH]nc2ncccc12. The molecule has 1 unspecified atom stereocenters. The predicted molar refractivity (Wildman–Crippen MR) is 103 cm³/mol. The number of hydrogen-bond acceptors (Lipinski definition) is 5. The van der Waals surface area contributed by atoms with E-state index in [1.54, 1.807) is 6.20 Å². The first-order valence-corrected chi connectivity index (χ1v) is 9.93. The van der Waals surface area contributed by atoms with Crippen LogP contribution in [0.25, 0.3) is 22.4 Å². The maximum Gasteiger partial charge on any atom is 0.181 e. The zero-order valence-corrected chi connectivity index (χ0v) is 15.9. The van der Waals surface area contributed by atoms with Crippen molar-refractivity contribution in [1.82, 2.24) is 25.5 Å². The molecule has 0 aromatic carbocycles. The summed E-state index contributed by atoms with van der Waals surface area (Å²) in [5, 5.41) is 13.5. The number of thiazole rings is 1. The van der Waals surface area contributed by atoms with Gasteiger partial charge in [0.05, 0.1) is 10.7 Å². The summed E-state index contributed by atoms with van der Waals surface area (Å²) in [5.41, 5.74) is 2.79. The van der Waals surface area contributed by atoms with E-state index in [-0.39, 0.29) is 0 Å². The summed E-state index contributed by atoms with van der Waals surface area (Å²) in [7, 11) is 0. The highest BCUT2D eigenvalue weighted by Gasteiger charge is 2.27. The molecule has 2 N–H and O–H groups in total. The Bertz CT molecular complexity index is 866. The number of piperidine rings is 1. The van der Waals surface area contributed by atoms with Crippen LogP contribution < -0.4 is 5.32 Å². The van der Waals surface area contributed by atoms with Gasteiger partial charge in [-0.2, -0.15) is 5.10 Å². The molecular weight excluding hydrogens is 330 g/mol. The molecule has 0 spiro atoms. The van der Waals surface area contributed by atoms with E-state index in [1.807, 2.05) is 17.4 Å². The predicted octanol–water partition coefficient (Wildman–Crippen LogP) is 4.27. The number of aromatic nitrogens is 4. The number of nitrogens with one attached hydrogen (secondary N) is 2. The van der Waals surface area contributed by atoms with Crippen molar-refractivity contribution in [2.75, 3.05) is 6.54 Å². The van der Waals surface area contributed by atoms with Crippen molar-refractivity contribution in [2.24, 2.45) is 5.92 Å². The molecule has 25 heavy (non-hydrogen) atoms. The van der Waals surface area contributed by atoms with Crippen LogP contribution in [0, 0.1) is 12.8 Å². The van der Waals surface area contributed by atoms with Crippen molar-refractivity contribution in [3.63, 3.8) is 0 Å². The van der Waals surface area contributed by atoms with E-state index in [9.17, 15) is 0 Å². The van der Waals surface area contributed by atoms with Gasteiger partial charge in [0, 0.05) is 28.4 Å². The molecule has 5 nitrogen and oxygen atoms in total. The zero-order chi connectivity index (χ0) is 17.4. The minimum atomic E-state index is 0.565. The van der Waals surface area contributed by atoms with Gasteiger partial charge in [0.15, 0.2) is 5.65 Å². The minimum Gasteiger partial charge on any atom is -0.314 e. The number of hydrogen-bond donors (Lipinski definition) is 2. The summed E-state index contributed by atoms with van der Waals surface area (Å²) in [6.07, 6.45) is 5.38. The number of aryl methyl sites for hydroxylation is 1. The fraction of sp³-hybridized carbons (Fsp3) is 0.526. The van der Waals surface area contributed by atoms with Crippen molar-refractivity contribution in [3.8, 4) is 11.4 Å². The second-order valence-electron chi connectivity index (χ2n) is 7.43. The maximum atomic E-state index is 5.03. The highest BCUT2D eigenvalue weighted by Crippen LogP contribution is 2.37. The van der Waals surface area contributed by atoms with Crippen LogP contribution in [0.15, 0.2) is 18.3 Å². The van der Waals surface area contributed by atoms with E-state index in [4.69, 9.17) is 4.98 Å². The van der Waals surface area contributed by atoms with E-state index >= 15 is 0 Å². The standard InChI is InChI=1S/C19H25N5S/c1-11(2)9-14-10-13(6-8-20-14)19-22-16(12(3)25-19)17-15-5-4-7-21-18(15)24-23-17/h4-5,7,11,13-14,20H,6,8-10H2,1-3H3,(H,21,23,24)/t13?,14-/m0/s1. The first-order chi connectivity index (χ1) is 12.1. The minimum absolute atomic E-state index is 0.565. The van der Waals surface area contributed by atoms with Crippen LogP contribution in [-0.4, -0.2) is 32.8 Å². The number of nitrogens with zero attached hydrogens (tertiary/aromatic N) is 3. The summed E-state index contributed by atoms with van der Waals surface area (Å²) in [6.45, 7) is 7.85. The molecule has 0 aliphatic carbocycles. The second kappa shape index (κ2) is 6.84. The molecule has 6 heteroatoms. The Kier molecular flexibility index (Phi) is 4.56. The summed E-state index contributed by atoms with van der Waals surface area (Å²) in [5.74, 6) is 1.29. The molecule has 4 rings (SSSR count). The molecule has 1 saturated heterocycles. The van der Waals surface area contributed by atoms with Gasteiger partial charge in [-0.25, -0.2) is 9.97 Å². The lowest BCUT2D eigenvalue weighted by Crippen LogP contribution is -2.38. The molecule has 2 atom stereocenters. The summed E-state index contributed by atoms with van der Waals surface area (Å²) < 4.78 is 0. The van der Waals surface area contributed by atoms with Gasteiger partial charge >= 0.3 is 0 Å². The second-order valence-corrected chi connectivity index (χ2v) is 8.67. The molecule has 3 aromatic rings. The molecular formula is C19H25N5S. The Balaban J connectivity index is 1.62.